The van der Waals surface area contributed by atoms with Crippen LogP contribution in [0.15, 0.2) is 18.2 Å². The van der Waals surface area contributed by atoms with Crippen LogP contribution in [0.4, 0.5) is 10.1 Å². The van der Waals surface area contributed by atoms with Crippen molar-refractivity contribution >= 4 is 11.7 Å². The Morgan fingerprint density at radius 2 is 2.31 bits per heavy atom. The number of aryl methyl sites for hydroxylation is 1. The minimum Gasteiger partial charge on any atom is -0.467 e. The molecule has 1 atom stereocenters. The first-order valence-electron chi connectivity index (χ1n) is 5.21. The fourth-order valence-corrected chi connectivity index (χ4v) is 2.02. The number of hydrogen-bond acceptors (Lipinski definition) is 3. The predicted molar refractivity (Wildman–Crippen MR) is 58.8 cm³/mol. The number of anilines is 1. The molecule has 0 radical (unpaired) electrons. The molecule has 16 heavy (non-hydrogen) atoms. The highest BCUT2D eigenvalue weighted by atomic mass is 19.1. The Labute approximate surface area is 93.6 Å². The zero-order chi connectivity index (χ0) is 11.8. The second-order valence-corrected chi connectivity index (χ2v) is 4.22. The number of methoxy groups -OCH3 is 1. The van der Waals surface area contributed by atoms with Crippen molar-refractivity contribution in [1.82, 2.24) is 0 Å². The summed E-state index contributed by atoms with van der Waals surface area (Å²) in [6, 6.07) is 4.92. The third kappa shape index (κ3) is 1.64. The Kier molecular flexibility index (Phi) is 2.58. The molecule has 0 spiro atoms. The Morgan fingerprint density at radius 1 is 1.56 bits per heavy atom. The number of halogens is 1. The standard InChI is InChI=1S/C12H14FNO2/c1-12(11(15)16-2)7-6-8-4-3-5-9(13)10(8)14-12/h3-5,14H,6-7H2,1-2H3. The van der Waals surface area contributed by atoms with Crippen LogP contribution in [0.1, 0.15) is 18.9 Å². The van der Waals surface area contributed by atoms with Gasteiger partial charge in [-0.15, -0.1) is 0 Å². The number of esters is 1. The fourth-order valence-electron chi connectivity index (χ4n) is 2.02. The zero-order valence-electron chi connectivity index (χ0n) is 9.34. The third-order valence-corrected chi connectivity index (χ3v) is 3.03. The molecule has 0 aliphatic carbocycles. The van der Waals surface area contributed by atoms with Gasteiger partial charge in [0.2, 0.25) is 0 Å². The van der Waals surface area contributed by atoms with Crippen LogP contribution >= 0.6 is 0 Å². The summed E-state index contributed by atoms with van der Waals surface area (Å²) in [5.74, 6) is -0.686. The van der Waals surface area contributed by atoms with Gasteiger partial charge in [0.15, 0.2) is 0 Å². The van der Waals surface area contributed by atoms with Gasteiger partial charge >= 0.3 is 5.97 Å². The minimum atomic E-state index is -0.829. The van der Waals surface area contributed by atoms with Crippen molar-refractivity contribution in [3.8, 4) is 0 Å². The molecule has 1 aliphatic heterocycles. The molecular formula is C12H14FNO2. The van der Waals surface area contributed by atoms with Gasteiger partial charge in [-0.05, 0) is 31.4 Å². The highest BCUT2D eigenvalue weighted by Gasteiger charge is 2.38. The molecule has 1 unspecified atom stereocenters. The number of ether oxygens (including phenoxy) is 1. The number of rotatable bonds is 1. The van der Waals surface area contributed by atoms with Gasteiger partial charge in [-0.3, -0.25) is 0 Å². The number of carbonyl (C=O) groups is 1. The van der Waals surface area contributed by atoms with Crippen LogP contribution in [0.25, 0.3) is 0 Å². The van der Waals surface area contributed by atoms with Gasteiger partial charge in [0.05, 0.1) is 12.8 Å². The van der Waals surface area contributed by atoms with Crippen molar-refractivity contribution in [2.24, 2.45) is 0 Å². The maximum atomic E-state index is 13.6. The maximum Gasteiger partial charge on any atom is 0.331 e. The SMILES string of the molecule is COC(=O)C1(C)CCc2cccc(F)c2N1. The van der Waals surface area contributed by atoms with Gasteiger partial charge < -0.3 is 10.1 Å². The van der Waals surface area contributed by atoms with E-state index in [1.807, 2.05) is 6.07 Å². The molecule has 86 valence electrons. The van der Waals surface area contributed by atoms with Gasteiger partial charge in [0, 0.05) is 0 Å². The van der Waals surface area contributed by atoms with E-state index in [4.69, 9.17) is 4.74 Å². The molecule has 0 saturated heterocycles. The van der Waals surface area contributed by atoms with E-state index in [1.165, 1.54) is 13.2 Å². The summed E-state index contributed by atoms with van der Waals surface area (Å²) in [5, 5.41) is 2.94. The summed E-state index contributed by atoms with van der Waals surface area (Å²) in [7, 11) is 1.34. The topological polar surface area (TPSA) is 38.3 Å². The first-order chi connectivity index (χ1) is 7.57. The Hall–Kier alpha value is -1.58. The van der Waals surface area contributed by atoms with E-state index >= 15 is 0 Å². The van der Waals surface area contributed by atoms with E-state index in [0.717, 1.165) is 5.56 Å². The molecule has 1 heterocycles. The fraction of sp³-hybridized carbons (Fsp3) is 0.417. The molecule has 1 N–H and O–H groups in total. The number of carbonyl (C=O) groups excluding carboxylic acids is 1. The molecule has 2 rings (SSSR count). The summed E-state index contributed by atoms with van der Waals surface area (Å²) in [5.41, 5.74) is 0.493. The third-order valence-electron chi connectivity index (χ3n) is 3.03. The van der Waals surface area contributed by atoms with Gasteiger partial charge in [0.25, 0.3) is 0 Å². The van der Waals surface area contributed by atoms with E-state index in [9.17, 15) is 9.18 Å². The van der Waals surface area contributed by atoms with Crippen LogP contribution in [-0.2, 0) is 16.0 Å². The van der Waals surface area contributed by atoms with Crippen LogP contribution in [0.3, 0.4) is 0 Å². The van der Waals surface area contributed by atoms with Crippen molar-refractivity contribution in [3.63, 3.8) is 0 Å². The molecule has 0 fully saturated rings. The molecule has 3 nitrogen and oxygen atoms in total. The van der Waals surface area contributed by atoms with Crippen LogP contribution in [-0.4, -0.2) is 18.6 Å². The first-order valence-corrected chi connectivity index (χ1v) is 5.21. The Balaban J connectivity index is 2.36. The van der Waals surface area contributed by atoms with E-state index in [0.29, 0.717) is 18.5 Å². The first kappa shape index (κ1) is 10.9. The average molecular weight is 223 g/mol. The maximum absolute atomic E-state index is 13.6. The van der Waals surface area contributed by atoms with E-state index in [-0.39, 0.29) is 11.8 Å². The number of nitrogens with one attached hydrogen (secondary N) is 1. The van der Waals surface area contributed by atoms with E-state index in [1.54, 1.807) is 13.0 Å². The lowest BCUT2D eigenvalue weighted by molar-refractivity contribution is -0.145. The Bertz CT molecular complexity index is 433. The van der Waals surface area contributed by atoms with E-state index in [2.05, 4.69) is 5.32 Å². The zero-order valence-corrected chi connectivity index (χ0v) is 9.34. The van der Waals surface area contributed by atoms with Gasteiger partial charge in [-0.1, -0.05) is 12.1 Å². The summed E-state index contributed by atoms with van der Waals surface area (Å²) in [6.45, 7) is 1.73. The van der Waals surface area contributed by atoms with Crippen molar-refractivity contribution < 1.29 is 13.9 Å². The molecule has 0 aromatic heterocycles. The number of para-hydroxylation sites is 1. The molecule has 0 amide bonds. The molecule has 0 saturated carbocycles. The molecular weight excluding hydrogens is 209 g/mol. The van der Waals surface area contributed by atoms with Crippen LogP contribution in [0.5, 0.6) is 0 Å². The second kappa shape index (κ2) is 3.77. The summed E-state index contributed by atoms with van der Waals surface area (Å²) < 4.78 is 18.3. The van der Waals surface area contributed by atoms with Crippen molar-refractivity contribution in [2.75, 3.05) is 12.4 Å². The highest BCUT2D eigenvalue weighted by Crippen LogP contribution is 2.33. The molecule has 1 aromatic carbocycles. The quantitative estimate of drug-likeness (QED) is 0.741. The molecule has 1 aliphatic rings. The minimum absolute atomic E-state index is 0.327. The van der Waals surface area contributed by atoms with Gasteiger partial charge in [0.1, 0.15) is 11.4 Å². The molecule has 4 heteroatoms. The predicted octanol–water partition coefficient (Wildman–Crippen LogP) is 2.12. The molecule has 1 aromatic rings. The van der Waals surface area contributed by atoms with Gasteiger partial charge in [-0.25, -0.2) is 9.18 Å². The van der Waals surface area contributed by atoms with Crippen molar-refractivity contribution in [3.05, 3.63) is 29.6 Å². The van der Waals surface area contributed by atoms with Crippen LogP contribution < -0.4 is 5.32 Å². The van der Waals surface area contributed by atoms with E-state index < -0.39 is 5.54 Å². The summed E-state index contributed by atoms with van der Waals surface area (Å²) in [6.07, 6.45) is 1.28. The summed E-state index contributed by atoms with van der Waals surface area (Å²) in [4.78, 5) is 11.6. The number of benzene rings is 1. The van der Waals surface area contributed by atoms with Crippen molar-refractivity contribution in [1.29, 1.82) is 0 Å². The average Bonchev–Trinajstić information content (AvgIpc) is 2.29. The lowest BCUT2D eigenvalue weighted by atomic mass is 9.87. The number of hydrogen-bond donors (Lipinski definition) is 1. The van der Waals surface area contributed by atoms with Crippen LogP contribution in [0.2, 0.25) is 0 Å². The van der Waals surface area contributed by atoms with Crippen LogP contribution in [0, 0.1) is 5.82 Å². The normalized spacial score (nSPS) is 23.2. The van der Waals surface area contributed by atoms with Crippen molar-refractivity contribution in [2.45, 2.75) is 25.3 Å². The monoisotopic (exact) mass is 223 g/mol. The largest absolute Gasteiger partial charge is 0.467 e. The second-order valence-electron chi connectivity index (χ2n) is 4.22. The smallest absolute Gasteiger partial charge is 0.331 e. The lowest BCUT2D eigenvalue weighted by Crippen LogP contribution is -2.47. The van der Waals surface area contributed by atoms with Gasteiger partial charge in [-0.2, -0.15) is 0 Å². The number of fused-ring (bicyclic) bond motifs is 1. The lowest BCUT2D eigenvalue weighted by Gasteiger charge is -2.34. The summed E-state index contributed by atoms with van der Waals surface area (Å²) >= 11 is 0. The molecule has 0 bridgehead atoms. The Morgan fingerprint density at radius 3 is 3.00 bits per heavy atom. The highest BCUT2D eigenvalue weighted by molar-refractivity contribution is 5.85.